The average molecular weight is 267 g/mol. The molecule has 1 aromatic rings. The van der Waals surface area contributed by atoms with Crippen molar-refractivity contribution in [3.8, 4) is 17.9 Å². The van der Waals surface area contributed by atoms with Crippen LogP contribution in [-0.4, -0.2) is 25.1 Å². The number of rotatable bonds is 4. The first kappa shape index (κ1) is 14.1. The molecule has 0 aliphatic carbocycles. The fraction of sp³-hybridized carbons (Fsp3) is 0.375. The SMILES string of the molecule is COc1ccc(C=C(C#N)C#N)cc1CN1CCCC1. The minimum atomic E-state index is 0.113. The van der Waals surface area contributed by atoms with Crippen LogP contribution in [0.4, 0.5) is 0 Å². The number of ether oxygens (including phenoxy) is 1. The van der Waals surface area contributed by atoms with Gasteiger partial charge in [-0.3, -0.25) is 4.90 Å². The lowest BCUT2D eigenvalue weighted by molar-refractivity contribution is 0.321. The van der Waals surface area contributed by atoms with Gasteiger partial charge in [0.1, 0.15) is 23.5 Å². The number of benzene rings is 1. The molecule has 1 aromatic carbocycles. The lowest BCUT2D eigenvalue weighted by Gasteiger charge is -2.17. The first-order chi connectivity index (χ1) is 9.76. The summed E-state index contributed by atoms with van der Waals surface area (Å²) in [6, 6.07) is 9.51. The van der Waals surface area contributed by atoms with Crippen LogP contribution in [0.15, 0.2) is 23.8 Å². The molecule has 0 atom stereocenters. The molecule has 102 valence electrons. The van der Waals surface area contributed by atoms with E-state index in [0.29, 0.717) is 0 Å². The van der Waals surface area contributed by atoms with E-state index in [9.17, 15) is 0 Å². The number of hydrogen-bond acceptors (Lipinski definition) is 4. The highest BCUT2D eigenvalue weighted by Gasteiger charge is 2.14. The maximum Gasteiger partial charge on any atom is 0.130 e. The fourth-order valence-electron chi connectivity index (χ4n) is 2.45. The Balaban J connectivity index is 2.27. The molecular weight excluding hydrogens is 250 g/mol. The van der Waals surface area contributed by atoms with E-state index >= 15 is 0 Å². The molecule has 0 spiro atoms. The van der Waals surface area contributed by atoms with Crippen LogP contribution in [0, 0.1) is 22.7 Å². The topological polar surface area (TPSA) is 60.0 Å². The molecule has 1 aliphatic rings. The molecule has 0 amide bonds. The van der Waals surface area contributed by atoms with E-state index in [1.54, 1.807) is 13.2 Å². The molecule has 0 radical (unpaired) electrons. The van der Waals surface area contributed by atoms with E-state index in [1.807, 2.05) is 30.3 Å². The van der Waals surface area contributed by atoms with E-state index in [-0.39, 0.29) is 5.57 Å². The Morgan fingerprint density at radius 1 is 1.30 bits per heavy atom. The van der Waals surface area contributed by atoms with Crippen LogP contribution in [-0.2, 0) is 6.54 Å². The zero-order valence-electron chi connectivity index (χ0n) is 11.6. The van der Waals surface area contributed by atoms with Gasteiger partial charge in [-0.15, -0.1) is 0 Å². The highest BCUT2D eigenvalue weighted by atomic mass is 16.5. The predicted octanol–water partition coefficient (Wildman–Crippen LogP) is 2.72. The van der Waals surface area contributed by atoms with Gasteiger partial charge in [-0.25, -0.2) is 0 Å². The summed E-state index contributed by atoms with van der Waals surface area (Å²) in [5.74, 6) is 0.851. The van der Waals surface area contributed by atoms with Crippen LogP contribution in [0.25, 0.3) is 6.08 Å². The first-order valence-electron chi connectivity index (χ1n) is 6.68. The van der Waals surface area contributed by atoms with E-state index in [2.05, 4.69) is 4.90 Å². The number of nitrogens with zero attached hydrogens (tertiary/aromatic N) is 3. The van der Waals surface area contributed by atoms with Crippen molar-refractivity contribution in [3.63, 3.8) is 0 Å². The normalized spacial score (nSPS) is 14.3. The average Bonchev–Trinajstić information content (AvgIpc) is 2.98. The summed E-state index contributed by atoms with van der Waals surface area (Å²) in [5.41, 5.74) is 2.07. The predicted molar refractivity (Wildman–Crippen MR) is 76.7 cm³/mol. The largest absolute Gasteiger partial charge is 0.496 e. The van der Waals surface area contributed by atoms with Gasteiger partial charge in [-0.2, -0.15) is 10.5 Å². The van der Waals surface area contributed by atoms with Crippen LogP contribution in [0.1, 0.15) is 24.0 Å². The van der Waals surface area contributed by atoms with Crippen molar-refractivity contribution in [2.75, 3.05) is 20.2 Å². The molecule has 0 bridgehead atoms. The van der Waals surface area contributed by atoms with Crippen LogP contribution in [0.2, 0.25) is 0 Å². The lowest BCUT2D eigenvalue weighted by Crippen LogP contribution is -2.18. The number of allylic oxidation sites excluding steroid dienone is 1. The van der Waals surface area contributed by atoms with Crippen molar-refractivity contribution in [1.82, 2.24) is 4.90 Å². The summed E-state index contributed by atoms with van der Waals surface area (Å²) in [6.45, 7) is 3.08. The Labute approximate surface area is 119 Å². The van der Waals surface area contributed by atoms with Gasteiger partial charge < -0.3 is 4.74 Å². The third-order valence-corrected chi connectivity index (χ3v) is 3.45. The standard InChI is InChI=1S/C16H17N3O/c1-20-16-5-4-13(8-14(10-17)11-18)9-15(16)12-19-6-2-3-7-19/h4-5,8-9H,2-3,6-7,12H2,1H3. The molecule has 1 aliphatic heterocycles. The van der Waals surface area contributed by atoms with Crippen LogP contribution < -0.4 is 4.74 Å². The second-order valence-electron chi connectivity index (χ2n) is 4.84. The number of nitriles is 2. The van der Waals surface area contributed by atoms with Gasteiger partial charge in [0.2, 0.25) is 0 Å². The van der Waals surface area contributed by atoms with E-state index in [1.165, 1.54) is 12.8 Å². The van der Waals surface area contributed by atoms with E-state index in [4.69, 9.17) is 15.3 Å². The molecule has 20 heavy (non-hydrogen) atoms. The van der Waals surface area contributed by atoms with Crippen LogP contribution >= 0.6 is 0 Å². The fourth-order valence-corrected chi connectivity index (χ4v) is 2.45. The molecule has 0 unspecified atom stereocenters. The van der Waals surface area contributed by atoms with Gasteiger partial charge in [0.05, 0.1) is 7.11 Å². The number of methoxy groups -OCH3 is 1. The summed E-state index contributed by atoms with van der Waals surface area (Å²) in [5, 5.41) is 17.6. The highest BCUT2D eigenvalue weighted by Crippen LogP contribution is 2.24. The smallest absolute Gasteiger partial charge is 0.130 e. The van der Waals surface area contributed by atoms with Crippen molar-refractivity contribution in [2.45, 2.75) is 19.4 Å². The molecule has 1 fully saturated rings. The maximum atomic E-state index is 8.81. The highest BCUT2D eigenvalue weighted by molar-refractivity contribution is 5.63. The van der Waals surface area contributed by atoms with Crippen molar-refractivity contribution in [1.29, 1.82) is 10.5 Å². The van der Waals surface area contributed by atoms with Gasteiger partial charge in [0, 0.05) is 12.1 Å². The van der Waals surface area contributed by atoms with Gasteiger partial charge in [0.15, 0.2) is 0 Å². The molecular formula is C16H17N3O. The summed E-state index contributed by atoms with van der Waals surface area (Å²) in [4.78, 5) is 2.39. The molecule has 0 aromatic heterocycles. The zero-order valence-corrected chi connectivity index (χ0v) is 11.6. The van der Waals surface area contributed by atoms with Gasteiger partial charge in [-0.05, 0) is 49.7 Å². The molecule has 4 heteroatoms. The third-order valence-electron chi connectivity index (χ3n) is 3.45. The van der Waals surface area contributed by atoms with Crippen molar-refractivity contribution in [3.05, 3.63) is 34.9 Å². The minimum Gasteiger partial charge on any atom is -0.496 e. The molecule has 0 saturated carbocycles. The Hall–Kier alpha value is -2.30. The van der Waals surface area contributed by atoms with Crippen molar-refractivity contribution >= 4 is 6.08 Å². The summed E-state index contributed by atoms with van der Waals surface area (Å²) in [7, 11) is 1.66. The van der Waals surface area contributed by atoms with E-state index in [0.717, 1.165) is 36.5 Å². The van der Waals surface area contributed by atoms with Gasteiger partial charge in [-0.1, -0.05) is 6.07 Å². The third kappa shape index (κ3) is 3.38. The number of hydrogen-bond donors (Lipinski definition) is 0. The maximum absolute atomic E-state index is 8.81. The second kappa shape index (κ2) is 6.75. The van der Waals surface area contributed by atoms with Gasteiger partial charge >= 0.3 is 0 Å². The summed E-state index contributed by atoms with van der Waals surface area (Å²) < 4.78 is 5.39. The van der Waals surface area contributed by atoms with Gasteiger partial charge in [0.25, 0.3) is 0 Å². The lowest BCUT2D eigenvalue weighted by atomic mass is 10.1. The Morgan fingerprint density at radius 2 is 2.00 bits per heavy atom. The first-order valence-corrected chi connectivity index (χ1v) is 6.68. The Morgan fingerprint density at radius 3 is 2.60 bits per heavy atom. The van der Waals surface area contributed by atoms with Crippen molar-refractivity contribution in [2.24, 2.45) is 0 Å². The summed E-state index contributed by atoms with van der Waals surface area (Å²) >= 11 is 0. The quantitative estimate of drug-likeness (QED) is 0.787. The molecule has 1 heterocycles. The molecule has 1 saturated heterocycles. The number of likely N-dealkylation sites (tertiary alicyclic amines) is 1. The monoisotopic (exact) mass is 267 g/mol. The molecule has 0 N–H and O–H groups in total. The Bertz CT molecular complexity index is 571. The molecule has 4 nitrogen and oxygen atoms in total. The Kier molecular flexibility index (Phi) is 4.76. The van der Waals surface area contributed by atoms with E-state index < -0.39 is 0 Å². The van der Waals surface area contributed by atoms with Crippen LogP contribution in [0.3, 0.4) is 0 Å². The van der Waals surface area contributed by atoms with Crippen LogP contribution in [0.5, 0.6) is 5.75 Å². The second-order valence-corrected chi connectivity index (χ2v) is 4.84. The summed E-state index contributed by atoms with van der Waals surface area (Å²) in [6.07, 6.45) is 4.09. The zero-order chi connectivity index (χ0) is 14.4. The van der Waals surface area contributed by atoms with Crippen molar-refractivity contribution < 1.29 is 4.74 Å². The molecule has 2 rings (SSSR count). The minimum absolute atomic E-state index is 0.113.